The molecule has 0 saturated carbocycles. The molecule has 172 valence electrons. The lowest BCUT2D eigenvalue weighted by Crippen LogP contribution is -1.87. The van der Waals surface area contributed by atoms with Crippen LogP contribution in [0.3, 0.4) is 0 Å². The molecule has 0 aromatic heterocycles. The van der Waals surface area contributed by atoms with Crippen LogP contribution in [0.5, 0.6) is 0 Å². The zero-order chi connectivity index (χ0) is 24.5. The van der Waals surface area contributed by atoms with Gasteiger partial charge in [0.15, 0.2) is 0 Å². The molecule has 36 heavy (non-hydrogen) atoms. The highest BCUT2D eigenvalue weighted by atomic mass is 14.1. The van der Waals surface area contributed by atoms with Gasteiger partial charge in [-0.2, -0.15) is 0 Å². The van der Waals surface area contributed by atoms with E-state index in [1.807, 2.05) is 0 Å². The van der Waals surface area contributed by atoms with Crippen molar-refractivity contribution in [2.45, 2.75) is 13.8 Å². The van der Waals surface area contributed by atoms with Gasteiger partial charge >= 0.3 is 0 Å². The quantitative estimate of drug-likeness (QED) is 0.181. The van der Waals surface area contributed by atoms with Crippen LogP contribution >= 0.6 is 0 Å². The smallest absolute Gasteiger partial charge is 0.00926 e. The van der Waals surface area contributed by atoms with Crippen molar-refractivity contribution in [2.75, 3.05) is 0 Å². The highest BCUT2D eigenvalue weighted by Crippen LogP contribution is 2.36. The van der Waals surface area contributed by atoms with Gasteiger partial charge in [0.05, 0.1) is 0 Å². The summed E-state index contributed by atoms with van der Waals surface area (Å²) in [6.07, 6.45) is 8.97. The Morgan fingerprint density at radius 2 is 0.778 bits per heavy atom. The Kier molecular flexibility index (Phi) is 5.71. The van der Waals surface area contributed by atoms with Gasteiger partial charge in [-0.05, 0) is 80.6 Å². The van der Waals surface area contributed by atoms with Crippen LogP contribution in [0.15, 0.2) is 109 Å². The average molecular weight is 461 g/mol. The van der Waals surface area contributed by atoms with Gasteiger partial charge in [0, 0.05) is 0 Å². The fourth-order valence-corrected chi connectivity index (χ4v) is 5.20. The largest absolute Gasteiger partial charge is 0.0616 e. The molecule has 0 heterocycles. The lowest BCUT2D eigenvalue weighted by molar-refractivity contribution is 1.46. The van der Waals surface area contributed by atoms with E-state index in [2.05, 4.69) is 147 Å². The molecule has 6 aromatic carbocycles. The lowest BCUT2D eigenvalue weighted by Gasteiger charge is -2.13. The third kappa shape index (κ3) is 4.23. The summed E-state index contributed by atoms with van der Waals surface area (Å²) >= 11 is 0. The molecule has 6 aromatic rings. The average Bonchev–Trinajstić information content (AvgIpc) is 2.90. The lowest BCUT2D eigenvalue weighted by atomic mass is 9.91. The second kappa shape index (κ2) is 9.32. The molecule has 0 amide bonds. The van der Waals surface area contributed by atoms with E-state index < -0.39 is 0 Å². The Hall–Kier alpha value is -4.42. The number of fused-ring (bicyclic) bond motifs is 5. The summed E-state index contributed by atoms with van der Waals surface area (Å²) in [5.41, 5.74) is 7.48. The Labute approximate surface area is 212 Å². The number of hydrogen-bond donors (Lipinski definition) is 0. The molecule has 0 atom stereocenters. The van der Waals surface area contributed by atoms with E-state index in [0.717, 1.165) is 0 Å². The summed E-state index contributed by atoms with van der Waals surface area (Å²) in [5.74, 6) is 0. The third-order valence-corrected chi connectivity index (χ3v) is 6.94. The first-order valence-electron chi connectivity index (χ1n) is 12.5. The van der Waals surface area contributed by atoms with E-state index >= 15 is 0 Å². The highest BCUT2D eigenvalue weighted by Gasteiger charge is 2.10. The molecule has 0 radical (unpaired) electrons. The van der Waals surface area contributed by atoms with Crippen molar-refractivity contribution in [3.8, 4) is 0 Å². The van der Waals surface area contributed by atoms with Crippen molar-refractivity contribution in [3.05, 3.63) is 143 Å². The summed E-state index contributed by atoms with van der Waals surface area (Å²) in [4.78, 5) is 0. The van der Waals surface area contributed by atoms with Gasteiger partial charge in [-0.15, -0.1) is 0 Å². The first-order valence-corrected chi connectivity index (χ1v) is 12.5. The SMILES string of the molecule is Cc1cccc(C=Cc2cc3c4ccccc4c(C=Cc4cccc(C)c4)cc3c3ccccc23)c1. The Balaban J connectivity index is 1.58. The predicted octanol–water partition coefficient (Wildman–Crippen LogP) is 10.1. The molecular weight excluding hydrogens is 432 g/mol. The molecule has 6 rings (SSSR count). The molecule has 0 N–H and O–H groups in total. The normalized spacial score (nSPS) is 11.9. The monoisotopic (exact) mass is 460 g/mol. The zero-order valence-corrected chi connectivity index (χ0v) is 20.7. The van der Waals surface area contributed by atoms with Crippen molar-refractivity contribution in [3.63, 3.8) is 0 Å². The van der Waals surface area contributed by atoms with Crippen LogP contribution in [0.2, 0.25) is 0 Å². The van der Waals surface area contributed by atoms with E-state index in [0.29, 0.717) is 0 Å². The summed E-state index contributed by atoms with van der Waals surface area (Å²) in [6, 6.07) is 39.6. The van der Waals surface area contributed by atoms with E-state index in [9.17, 15) is 0 Å². The minimum atomic E-state index is 1.22. The van der Waals surface area contributed by atoms with Gasteiger partial charge < -0.3 is 0 Å². The molecule has 0 spiro atoms. The molecule has 0 unspecified atom stereocenters. The van der Waals surface area contributed by atoms with Crippen LogP contribution in [-0.4, -0.2) is 0 Å². The van der Waals surface area contributed by atoms with Crippen LogP contribution in [0.25, 0.3) is 56.6 Å². The summed E-state index contributed by atoms with van der Waals surface area (Å²) in [7, 11) is 0. The second-order valence-corrected chi connectivity index (χ2v) is 9.61. The van der Waals surface area contributed by atoms with Gasteiger partial charge in [-0.25, -0.2) is 0 Å². The number of rotatable bonds is 4. The van der Waals surface area contributed by atoms with Crippen molar-refractivity contribution in [1.29, 1.82) is 0 Å². The maximum absolute atomic E-state index is 2.36. The van der Waals surface area contributed by atoms with Crippen molar-refractivity contribution in [1.82, 2.24) is 0 Å². The molecule has 0 aliphatic carbocycles. The predicted molar refractivity (Wildman–Crippen MR) is 159 cm³/mol. The molecular formula is C36H28. The maximum Gasteiger partial charge on any atom is -0.00926 e. The van der Waals surface area contributed by atoms with Crippen LogP contribution in [0, 0.1) is 13.8 Å². The van der Waals surface area contributed by atoms with E-state index in [4.69, 9.17) is 0 Å². The molecule has 0 heteroatoms. The Bertz CT molecular complexity index is 1660. The topological polar surface area (TPSA) is 0 Å². The summed E-state index contributed by atoms with van der Waals surface area (Å²) in [5, 5.41) is 7.71. The van der Waals surface area contributed by atoms with Crippen molar-refractivity contribution in [2.24, 2.45) is 0 Å². The van der Waals surface area contributed by atoms with Crippen molar-refractivity contribution < 1.29 is 0 Å². The molecule has 0 saturated heterocycles. The van der Waals surface area contributed by atoms with E-state index in [1.165, 1.54) is 65.7 Å². The maximum atomic E-state index is 2.36. The minimum Gasteiger partial charge on any atom is -0.0616 e. The second-order valence-electron chi connectivity index (χ2n) is 9.61. The Morgan fingerprint density at radius 3 is 1.19 bits per heavy atom. The van der Waals surface area contributed by atoms with Crippen LogP contribution in [0.1, 0.15) is 33.4 Å². The van der Waals surface area contributed by atoms with Gasteiger partial charge in [-0.3, -0.25) is 0 Å². The van der Waals surface area contributed by atoms with Crippen LogP contribution in [-0.2, 0) is 0 Å². The number of benzene rings is 6. The molecule has 0 aliphatic heterocycles. The van der Waals surface area contributed by atoms with Gasteiger partial charge in [0.25, 0.3) is 0 Å². The van der Waals surface area contributed by atoms with E-state index in [-0.39, 0.29) is 0 Å². The van der Waals surface area contributed by atoms with Crippen molar-refractivity contribution >= 4 is 56.6 Å². The van der Waals surface area contributed by atoms with Crippen LogP contribution < -0.4 is 0 Å². The molecule has 0 bridgehead atoms. The fraction of sp³-hybridized carbons (Fsp3) is 0.0556. The minimum absolute atomic E-state index is 1.22. The number of hydrogen-bond acceptors (Lipinski definition) is 0. The summed E-state index contributed by atoms with van der Waals surface area (Å²) < 4.78 is 0. The Morgan fingerprint density at radius 1 is 0.361 bits per heavy atom. The first kappa shape index (κ1) is 22.1. The highest BCUT2D eigenvalue weighted by molar-refractivity contribution is 6.21. The van der Waals surface area contributed by atoms with Gasteiger partial charge in [-0.1, -0.05) is 132 Å². The van der Waals surface area contributed by atoms with Gasteiger partial charge in [0.1, 0.15) is 0 Å². The first-order chi connectivity index (χ1) is 17.7. The van der Waals surface area contributed by atoms with Crippen LogP contribution in [0.4, 0.5) is 0 Å². The molecule has 0 fully saturated rings. The third-order valence-electron chi connectivity index (χ3n) is 6.94. The van der Waals surface area contributed by atoms with Gasteiger partial charge in [0.2, 0.25) is 0 Å². The van der Waals surface area contributed by atoms with E-state index in [1.54, 1.807) is 0 Å². The fourth-order valence-electron chi connectivity index (χ4n) is 5.20. The molecule has 0 aliphatic rings. The molecule has 0 nitrogen and oxygen atoms in total. The number of aryl methyl sites for hydroxylation is 2. The summed E-state index contributed by atoms with van der Waals surface area (Å²) in [6.45, 7) is 4.28. The zero-order valence-electron chi connectivity index (χ0n) is 20.7. The standard InChI is InChI=1S/C36H28/c1-25-9-7-11-27(21-25)17-19-29-23-35-34-16-6-4-14-32(34)30(20-18-28-12-8-10-26(2)22-28)24-36(35)33-15-5-3-13-31(29)33/h3-24H,1-2H3.